The second-order valence-electron chi connectivity index (χ2n) is 3.74. The average molecular weight is 264 g/mol. The van der Waals surface area contributed by atoms with Gasteiger partial charge >= 0.3 is 0 Å². The second-order valence-corrected chi connectivity index (χ2v) is 6.04. The summed E-state index contributed by atoms with van der Waals surface area (Å²) in [4.78, 5) is 12.0. The molecule has 0 saturated carbocycles. The molecule has 0 aromatic heterocycles. The van der Waals surface area contributed by atoms with Crippen LogP contribution in [-0.2, 0) is 15.6 Å². The van der Waals surface area contributed by atoms with Crippen molar-refractivity contribution >= 4 is 33.9 Å². The van der Waals surface area contributed by atoms with Gasteiger partial charge in [-0.05, 0) is 13.3 Å². The molecule has 4 nitrogen and oxygen atoms in total. The number of rotatable bonds is 7. The minimum Gasteiger partial charge on any atom is -0.392 e. The van der Waals surface area contributed by atoms with Crippen LogP contribution in [0.4, 0.5) is 0 Å². The minimum atomic E-state index is -0.862. The number of nitrogens with one attached hydrogen (secondary N) is 1. The molecular formula is C10H20N2O2S2. The van der Waals surface area contributed by atoms with E-state index in [4.69, 9.17) is 18.0 Å². The van der Waals surface area contributed by atoms with Crippen LogP contribution in [-0.4, -0.2) is 33.2 Å². The van der Waals surface area contributed by atoms with Gasteiger partial charge in [-0.1, -0.05) is 26.1 Å². The van der Waals surface area contributed by atoms with E-state index in [0.717, 1.165) is 0 Å². The van der Waals surface area contributed by atoms with Crippen LogP contribution in [0.1, 0.15) is 27.2 Å². The molecule has 94 valence electrons. The molecule has 0 heterocycles. The summed E-state index contributed by atoms with van der Waals surface area (Å²) >= 11 is 4.89. The maximum absolute atomic E-state index is 11.8. The highest BCUT2D eigenvalue weighted by Crippen LogP contribution is 2.21. The first-order chi connectivity index (χ1) is 7.38. The lowest BCUT2D eigenvalue weighted by Crippen LogP contribution is -2.47. The Labute approximate surface area is 105 Å². The van der Waals surface area contributed by atoms with E-state index < -0.39 is 16.2 Å². The van der Waals surface area contributed by atoms with Crippen molar-refractivity contribution in [2.75, 3.05) is 18.1 Å². The molecule has 0 rings (SSSR count). The van der Waals surface area contributed by atoms with E-state index in [-0.39, 0.29) is 10.9 Å². The smallest absolute Gasteiger partial charge is 0.232 e. The lowest BCUT2D eigenvalue weighted by molar-refractivity contribution is -0.126. The zero-order chi connectivity index (χ0) is 12.8. The Morgan fingerprint density at radius 1 is 1.50 bits per heavy atom. The SMILES string of the molecule is CCS(=O)CCNC(=O)C(C)(CC)C(N)=S. The fraction of sp³-hybridized carbons (Fsp3) is 0.800. The molecule has 0 aliphatic heterocycles. The van der Waals surface area contributed by atoms with Crippen LogP contribution < -0.4 is 11.1 Å². The average Bonchev–Trinajstić information content (AvgIpc) is 2.26. The molecule has 0 saturated heterocycles. The molecular weight excluding hydrogens is 244 g/mol. The predicted molar refractivity (Wildman–Crippen MR) is 71.7 cm³/mol. The molecule has 0 aliphatic carbocycles. The van der Waals surface area contributed by atoms with Gasteiger partial charge in [-0.15, -0.1) is 0 Å². The van der Waals surface area contributed by atoms with Gasteiger partial charge in [-0.2, -0.15) is 0 Å². The van der Waals surface area contributed by atoms with Gasteiger partial charge in [0.05, 0.1) is 10.4 Å². The third-order valence-electron chi connectivity index (χ3n) is 2.69. The molecule has 2 atom stereocenters. The summed E-state index contributed by atoms with van der Waals surface area (Å²) in [7, 11) is -0.862. The lowest BCUT2D eigenvalue weighted by atomic mass is 9.86. The fourth-order valence-corrected chi connectivity index (χ4v) is 1.92. The van der Waals surface area contributed by atoms with Crippen LogP contribution in [0.15, 0.2) is 0 Å². The molecule has 16 heavy (non-hydrogen) atoms. The summed E-state index contributed by atoms with van der Waals surface area (Å²) < 4.78 is 11.2. The number of thiocarbonyl (C=S) groups is 1. The van der Waals surface area contributed by atoms with Gasteiger partial charge in [0.25, 0.3) is 0 Å². The van der Waals surface area contributed by atoms with Gasteiger partial charge in [0.1, 0.15) is 0 Å². The van der Waals surface area contributed by atoms with E-state index in [1.54, 1.807) is 6.92 Å². The normalized spacial score (nSPS) is 16.2. The van der Waals surface area contributed by atoms with Gasteiger partial charge in [0.15, 0.2) is 0 Å². The number of hydrogen-bond donors (Lipinski definition) is 2. The van der Waals surface area contributed by atoms with Crippen molar-refractivity contribution < 1.29 is 9.00 Å². The summed E-state index contributed by atoms with van der Waals surface area (Å²) in [5.41, 5.74) is 4.75. The largest absolute Gasteiger partial charge is 0.392 e. The molecule has 0 aromatic rings. The van der Waals surface area contributed by atoms with Crippen molar-refractivity contribution in [1.29, 1.82) is 0 Å². The number of carbonyl (C=O) groups excluding carboxylic acids is 1. The van der Waals surface area contributed by atoms with Gasteiger partial charge < -0.3 is 11.1 Å². The molecule has 1 amide bonds. The minimum absolute atomic E-state index is 0.185. The van der Waals surface area contributed by atoms with E-state index >= 15 is 0 Å². The first kappa shape index (κ1) is 15.5. The van der Waals surface area contributed by atoms with Crippen LogP contribution in [0.5, 0.6) is 0 Å². The first-order valence-corrected chi connectivity index (χ1v) is 7.21. The van der Waals surface area contributed by atoms with Crippen molar-refractivity contribution in [3.63, 3.8) is 0 Å². The van der Waals surface area contributed by atoms with Crippen LogP contribution in [0.3, 0.4) is 0 Å². The summed E-state index contributed by atoms with van der Waals surface area (Å²) in [5, 5.41) is 2.72. The number of carbonyl (C=O) groups is 1. The molecule has 6 heteroatoms. The molecule has 3 N–H and O–H groups in total. The van der Waals surface area contributed by atoms with Crippen LogP contribution in [0.25, 0.3) is 0 Å². The standard InChI is InChI=1S/C10H20N2O2S2/c1-4-10(3,8(11)15)9(13)12-6-7-16(14)5-2/h4-7H2,1-3H3,(H2,11,15)(H,12,13). The van der Waals surface area contributed by atoms with Crippen molar-refractivity contribution in [3.8, 4) is 0 Å². The highest BCUT2D eigenvalue weighted by atomic mass is 32.2. The molecule has 0 bridgehead atoms. The van der Waals surface area contributed by atoms with E-state index in [2.05, 4.69) is 5.32 Å². The third kappa shape index (κ3) is 4.17. The van der Waals surface area contributed by atoms with Crippen LogP contribution >= 0.6 is 12.2 Å². The number of amides is 1. The Morgan fingerprint density at radius 2 is 2.06 bits per heavy atom. The highest BCUT2D eigenvalue weighted by molar-refractivity contribution is 7.84. The highest BCUT2D eigenvalue weighted by Gasteiger charge is 2.34. The summed E-state index contributed by atoms with van der Waals surface area (Å²) in [6.45, 7) is 5.84. The van der Waals surface area contributed by atoms with Gasteiger partial charge in [0.2, 0.25) is 5.91 Å². The Bertz CT molecular complexity index is 295. The Hall–Kier alpha value is -0.490. The molecule has 0 aliphatic rings. The number of nitrogens with two attached hydrogens (primary N) is 1. The topological polar surface area (TPSA) is 72.2 Å². The van der Waals surface area contributed by atoms with Gasteiger partial charge in [-0.25, -0.2) is 0 Å². The summed E-state index contributed by atoms with van der Waals surface area (Å²) in [6.07, 6.45) is 0.561. The van der Waals surface area contributed by atoms with Crippen molar-refractivity contribution in [2.45, 2.75) is 27.2 Å². The molecule has 0 fully saturated rings. The van der Waals surface area contributed by atoms with Gasteiger partial charge in [0, 0.05) is 28.9 Å². The Balaban J connectivity index is 4.24. The maximum Gasteiger partial charge on any atom is 0.232 e. The quantitative estimate of drug-likeness (QED) is 0.660. The van der Waals surface area contributed by atoms with Crippen molar-refractivity contribution in [1.82, 2.24) is 5.32 Å². The van der Waals surface area contributed by atoms with E-state index in [0.29, 0.717) is 24.5 Å². The maximum atomic E-state index is 11.8. The number of hydrogen-bond acceptors (Lipinski definition) is 3. The second kappa shape index (κ2) is 6.96. The summed E-state index contributed by atoms with van der Waals surface area (Å²) in [6, 6.07) is 0. The fourth-order valence-electron chi connectivity index (χ4n) is 1.06. The Kier molecular flexibility index (Phi) is 6.74. The van der Waals surface area contributed by atoms with Crippen LogP contribution in [0.2, 0.25) is 0 Å². The lowest BCUT2D eigenvalue weighted by Gasteiger charge is -2.25. The molecule has 2 unspecified atom stereocenters. The van der Waals surface area contributed by atoms with Crippen molar-refractivity contribution in [3.05, 3.63) is 0 Å². The zero-order valence-corrected chi connectivity index (χ0v) is 11.7. The predicted octanol–water partition coefficient (Wildman–Crippen LogP) is 0.574. The van der Waals surface area contributed by atoms with E-state index in [1.165, 1.54) is 0 Å². The molecule has 0 aromatic carbocycles. The zero-order valence-electron chi connectivity index (χ0n) is 10.0. The molecule has 0 radical (unpaired) electrons. The summed E-state index contributed by atoms with van der Waals surface area (Å²) in [5.74, 6) is 0.894. The van der Waals surface area contributed by atoms with E-state index in [1.807, 2.05) is 13.8 Å². The molecule has 0 spiro atoms. The monoisotopic (exact) mass is 264 g/mol. The van der Waals surface area contributed by atoms with E-state index in [9.17, 15) is 9.00 Å². The first-order valence-electron chi connectivity index (χ1n) is 5.31. The van der Waals surface area contributed by atoms with Gasteiger partial charge in [-0.3, -0.25) is 9.00 Å². The van der Waals surface area contributed by atoms with Crippen molar-refractivity contribution in [2.24, 2.45) is 11.1 Å². The van der Waals surface area contributed by atoms with Crippen LogP contribution in [0, 0.1) is 5.41 Å². The Morgan fingerprint density at radius 3 is 2.44 bits per heavy atom. The third-order valence-corrected chi connectivity index (χ3v) is 4.44.